The van der Waals surface area contributed by atoms with Crippen molar-refractivity contribution in [2.45, 2.75) is 18.5 Å². The summed E-state index contributed by atoms with van der Waals surface area (Å²) in [4.78, 5) is 0. The lowest BCUT2D eigenvalue weighted by Crippen LogP contribution is -2.30. The van der Waals surface area contributed by atoms with Gasteiger partial charge in [0.05, 0.1) is 13.0 Å². The number of alkyl halides is 5. The van der Waals surface area contributed by atoms with Crippen LogP contribution in [-0.4, -0.2) is 25.2 Å². The zero-order valence-electron chi connectivity index (χ0n) is 6.09. The predicted octanol–water partition coefficient (Wildman–Crippen LogP) is 1.79. The summed E-state index contributed by atoms with van der Waals surface area (Å²) in [5.74, 6) is -4.81. The molecule has 1 aliphatic rings. The molecular formula is C6H8F5N. The van der Waals surface area contributed by atoms with Crippen molar-refractivity contribution < 1.29 is 22.0 Å². The van der Waals surface area contributed by atoms with Crippen molar-refractivity contribution in [3.63, 3.8) is 0 Å². The third-order valence-corrected chi connectivity index (χ3v) is 1.83. The summed E-state index contributed by atoms with van der Waals surface area (Å²) in [6, 6.07) is 0. The molecule has 0 aromatic carbocycles. The second kappa shape index (κ2) is 2.83. The van der Waals surface area contributed by atoms with Crippen LogP contribution < -0.4 is 5.32 Å². The Morgan fingerprint density at radius 2 is 1.92 bits per heavy atom. The Kier molecular flexibility index (Phi) is 2.29. The first-order valence-electron chi connectivity index (χ1n) is 3.46. The van der Waals surface area contributed by atoms with Crippen LogP contribution in [0.5, 0.6) is 0 Å². The molecule has 0 bridgehead atoms. The number of rotatable bonds is 1. The molecule has 1 rings (SSSR count). The lowest BCUT2D eigenvalue weighted by atomic mass is 10.0. The van der Waals surface area contributed by atoms with Gasteiger partial charge in [-0.15, -0.1) is 0 Å². The molecule has 1 nitrogen and oxygen atoms in total. The van der Waals surface area contributed by atoms with Gasteiger partial charge in [0.15, 0.2) is 0 Å². The van der Waals surface area contributed by atoms with Crippen LogP contribution in [-0.2, 0) is 0 Å². The summed E-state index contributed by atoms with van der Waals surface area (Å²) in [6.45, 7) is -0.903. The largest absolute Gasteiger partial charge is 0.389 e. The van der Waals surface area contributed by atoms with Gasteiger partial charge < -0.3 is 5.32 Å². The van der Waals surface area contributed by atoms with Gasteiger partial charge in [0.2, 0.25) is 0 Å². The second-order valence-electron chi connectivity index (χ2n) is 2.91. The predicted molar refractivity (Wildman–Crippen MR) is 32.0 cm³/mol. The summed E-state index contributed by atoms with van der Waals surface area (Å²) < 4.78 is 60.2. The van der Waals surface area contributed by atoms with Crippen LogP contribution in [0.2, 0.25) is 0 Å². The van der Waals surface area contributed by atoms with E-state index >= 15 is 0 Å². The van der Waals surface area contributed by atoms with Crippen molar-refractivity contribution in [3.8, 4) is 0 Å². The quantitative estimate of drug-likeness (QED) is 0.620. The monoisotopic (exact) mass is 189 g/mol. The average molecular weight is 189 g/mol. The fraction of sp³-hybridized carbons (Fsp3) is 1.00. The fourth-order valence-corrected chi connectivity index (χ4v) is 1.21. The molecule has 1 aliphatic heterocycles. The summed E-state index contributed by atoms with van der Waals surface area (Å²) in [6.07, 6.45) is -5.91. The first-order valence-corrected chi connectivity index (χ1v) is 3.46. The normalized spacial score (nSPS) is 29.2. The zero-order valence-corrected chi connectivity index (χ0v) is 6.09. The van der Waals surface area contributed by atoms with Crippen molar-refractivity contribution in [2.24, 2.45) is 5.92 Å². The maximum absolute atomic E-state index is 12.6. The van der Waals surface area contributed by atoms with Crippen molar-refractivity contribution in [3.05, 3.63) is 0 Å². The van der Waals surface area contributed by atoms with E-state index in [4.69, 9.17) is 0 Å². The van der Waals surface area contributed by atoms with E-state index in [0.717, 1.165) is 0 Å². The molecule has 6 heteroatoms. The third-order valence-electron chi connectivity index (χ3n) is 1.83. The van der Waals surface area contributed by atoms with E-state index < -0.39 is 31.0 Å². The van der Waals surface area contributed by atoms with Crippen molar-refractivity contribution in [2.75, 3.05) is 13.1 Å². The molecule has 72 valence electrons. The van der Waals surface area contributed by atoms with E-state index in [1.807, 2.05) is 0 Å². The summed E-state index contributed by atoms with van der Waals surface area (Å²) in [7, 11) is 0. The lowest BCUT2D eigenvalue weighted by Gasteiger charge is -2.18. The smallest absolute Gasteiger partial charge is 0.311 e. The maximum Gasteiger partial charge on any atom is 0.389 e. The van der Waals surface area contributed by atoms with Crippen molar-refractivity contribution >= 4 is 0 Å². The van der Waals surface area contributed by atoms with E-state index in [1.165, 1.54) is 0 Å². The van der Waals surface area contributed by atoms with Crippen molar-refractivity contribution in [1.29, 1.82) is 0 Å². The molecule has 0 aromatic heterocycles. The molecule has 0 aliphatic carbocycles. The molecular weight excluding hydrogens is 181 g/mol. The molecule has 0 saturated carbocycles. The van der Waals surface area contributed by atoms with E-state index in [2.05, 4.69) is 5.32 Å². The Labute approximate surface area is 65.9 Å². The zero-order chi connectivity index (χ0) is 9.41. The van der Waals surface area contributed by atoms with Crippen LogP contribution >= 0.6 is 0 Å². The molecule has 0 spiro atoms. The standard InChI is InChI=1S/C6H8F5N/c7-5(8)3-12-2-4(5)1-6(9,10)11/h4,12H,1-3H2. The molecule has 0 aromatic rings. The molecule has 1 heterocycles. The minimum absolute atomic E-state index is 0.257. The molecule has 1 N–H and O–H groups in total. The van der Waals surface area contributed by atoms with Gasteiger partial charge >= 0.3 is 6.18 Å². The third kappa shape index (κ3) is 2.30. The average Bonchev–Trinajstić information content (AvgIpc) is 2.07. The van der Waals surface area contributed by atoms with E-state index in [1.54, 1.807) is 0 Å². The Morgan fingerprint density at radius 1 is 1.33 bits per heavy atom. The fourth-order valence-electron chi connectivity index (χ4n) is 1.21. The second-order valence-corrected chi connectivity index (χ2v) is 2.91. The Hall–Kier alpha value is -0.390. The highest BCUT2D eigenvalue weighted by molar-refractivity contribution is 4.88. The highest BCUT2D eigenvalue weighted by atomic mass is 19.4. The number of nitrogens with one attached hydrogen (secondary N) is 1. The molecule has 1 atom stereocenters. The van der Waals surface area contributed by atoms with Gasteiger partial charge in [0.25, 0.3) is 5.92 Å². The van der Waals surface area contributed by atoms with Crippen LogP contribution in [0.4, 0.5) is 22.0 Å². The number of hydrogen-bond acceptors (Lipinski definition) is 1. The van der Waals surface area contributed by atoms with Gasteiger partial charge in [-0.25, -0.2) is 8.78 Å². The molecule has 0 amide bonds. The first-order chi connectivity index (χ1) is 5.31. The van der Waals surface area contributed by atoms with Crippen molar-refractivity contribution in [1.82, 2.24) is 5.32 Å². The first kappa shape index (κ1) is 9.70. The SMILES string of the molecule is FC(F)(F)CC1CNCC1(F)F. The number of halogens is 5. The van der Waals surface area contributed by atoms with Crippen LogP contribution in [0.3, 0.4) is 0 Å². The molecule has 12 heavy (non-hydrogen) atoms. The van der Waals surface area contributed by atoms with E-state index in [0.29, 0.717) is 0 Å². The van der Waals surface area contributed by atoms with Gasteiger partial charge in [0.1, 0.15) is 0 Å². The lowest BCUT2D eigenvalue weighted by molar-refractivity contribution is -0.163. The van der Waals surface area contributed by atoms with Gasteiger partial charge in [0, 0.05) is 12.5 Å². The Morgan fingerprint density at radius 3 is 2.25 bits per heavy atom. The topological polar surface area (TPSA) is 12.0 Å². The molecule has 1 fully saturated rings. The molecule has 1 saturated heterocycles. The molecule has 0 radical (unpaired) electrons. The van der Waals surface area contributed by atoms with Crippen LogP contribution in [0.1, 0.15) is 6.42 Å². The highest BCUT2D eigenvalue weighted by Crippen LogP contribution is 2.36. The van der Waals surface area contributed by atoms with E-state index in [9.17, 15) is 22.0 Å². The van der Waals surface area contributed by atoms with Gasteiger partial charge in [-0.2, -0.15) is 13.2 Å². The Balaban J connectivity index is 2.53. The minimum Gasteiger partial charge on any atom is -0.311 e. The van der Waals surface area contributed by atoms with Gasteiger partial charge in [-0.3, -0.25) is 0 Å². The van der Waals surface area contributed by atoms with Gasteiger partial charge in [-0.05, 0) is 0 Å². The summed E-state index contributed by atoms with van der Waals surface area (Å²) in [5, 5.41) is 2.24. The summed E-state index contributed by atoms with van der Waals surface area (Å²) >= 11 is 0. The minimum atomic E-state index is -4.50. The maximum atomic E-state index is 12.6. The summed E-state index contributed by atoms with van der Waals surface area (Å²) in [5.41, 5.74) is 0. The van der Waals surface area contributed by atoms with Crippen LogP contribution in [0.15, 0.2) is 0 Å². The van der Waals surface area contributed by atoms with Crippen LogP contribution in [0.25, 0.3) is 0 Å². The van der Waals surface area contributed by atoms with Gasteiger partial charge in [-0.1, -0.05) is 0 Å². The Bertz CT molecular complexity index is 164. The van der Waals surface area contributed by atoms with Crippen LogP contribution in [0, 0.1) is 5.92 Å². The number of hydrogen-bond donors (Lipinski definition) is 1. The molecule has 1 unspecified atom stereocenters. The van der Waals surface area contributed by atoms with E-state index in [-0.39, 0.29) is 6.54 Å². The highest BCUT2D eigenvalue weighted by Gasteiger charge is 2.48.